The number of likely N-dealkylation sites (N-methyl/N-ethyl adjacent to an activating group) is 1. The summed E-state index contributed by atoms with van der Waals surface area (Å²) in [7, 11) is 0. The lowest BCUT2D eigenvalue weighted by Gasteiger charge is -2.32. The Morgan fingerprint density at radius 2 is 1.89 bits per heavy atom. The normalized spacial score (nSPS) is 15.2. The lowest BCUT2D eigenvalue weighted by atomic mass is 9.87. The zero-order valence-corrected chi connectivity index (χ0v) is 26.1. The van der Waals surface area contributed by atoms with Crippen LogP contribution in [0, 0.1) is 6.92 Å². The largest absolute Gasteiger partial charge is 0.336 e. The van der Waals surface area contributed by atoms with Gasteiger partial charge in [0.1, 0.15) is 5.82 Å². The molecule has 44 heavy (non-hydrogen) atoms. The molecule has 1 aliphatic rings. The van der Waals surface area contributed by atoms with E-state index in [1.54, 1.807) is 17.1 Å². The molecule has 1 aliphatic carbocycles. The molecule has 2 aromatic carbocycles. The van der Waals surface area contributed by atoms with Crippen molar-refractivity contribution >= 4 is 39.8 Å². The SMILES string of the molecule is CCN(c1ncc[nH]1)C1C=C(c2ccc(NC(=O)Nc3cc(C(C)(C)C)nn3-c3ccc(C)nc3)c3ccccc23)CCC1. The second-order valence-corrected chi connectivity index (χ2v) is 12.4. The maximum absolute atomic E-state index is 13.5. The third-order valence-electron chi connectivity index (χ3n) is 8.21. The molecule has 2 amide bonds. The van der Waals surface area contributed by atoms with Crippen LogP contribution < -0.4 is 15.5 Å². The monoisotopic (exact) mass is 588 g/mol. The molecule has 0 spiro atoms. The summed E-state index contributed by atoms with van der Waals surface area (Å²) in [6.45, 7) is 11.3. The van der Waals surface area contributed by atoms with E-state index in [9.17, 15) is 4.79 Å². The average molecular weight is 589 g/mol. The molecule has 5 aromatic rings. The summed E-state index contributed by atoms with van der Waals surface area (Å²) in [5, 5.41) is 13.1. The lowest BCUT2D eigenvalue weighted by molar-refractivity contribution is 0.262. The Hall–Kier alpha value is -4.92. The van der Waals surface area contributed by atoms with Crippen LogP contribution in [0.25, 0.3) is 22.0 Å². The Kier molecular flexibility index (Phi) is 7.95. The highest BCUT2D eigenvalue weighted by Gasteiger charge is 2.24. The number of hydrogen-bond acceptors (Lipinski definition) is 5. The summed E-state index contributed by atoms with van der Waals surface area (Å²) in [5.41, 5.74) is 5.65. The number of aromatic nitrogens is 5. The van der Waals surface area contributed by atoms with Crippen molar-refractivity contribution in [2.75, 3.05) is 22.1 Å². The number of amides is 2. The minimum absolute atomic E-state index is 0.193. The fourth-order valence-electron chi connectivity index (χ4n) is 5.90. The molecule has 3 N–H and O–H groups in total. The summed E-state index contributed by atoms with van der Waals surface area (Å²) in [4.78, 5) is 28.0. The Labute approximate surface area is 258 Å². The molecular weight excluding hydrogens is 548 g/mol. The molecule has 0 saturated heterocycles. The van der Waals surface area contributed by atoms with E-state index < -0.39 is 0 Å². The molecule has 0 bridgehead atoms. The summed E-state index contributed by atoms with van der Waals surface area (Å²) in [6, 6.07) is 18.2. The number of fused-ring (bicyclic) bond motifs is 1. The zero-order valence-electron chi connectivity index (χ0n) is 26.1. The lowest BCUT2D eigenvalue weighted by Crippen LogP contribution is -2.36. The summed E-state index contributed by atoms with van der Waals surface area (Å²) >= 11 is 0. The highest BCUT2D eigenvalue weighted by Crippen LogP contribution is 2.36. The average Bonchev–Trinajstić information content (AvgIpc) is 3.69. The minimum atomic E-state index is -0.335. The van der Waals surface area contributed by atoms with Crippen molar-refractivity contribution in [3.05, 3.63) is 96.2 Å². The predicted molar refractivity (Wildman–Crippen MR) is 179 cm³/mol. The number of imidazole rings is 1. The van der Waals surface area contributed by atoms with Crippen molar-refractivity contribution in [1.82, 2.24) is 24.7 Å². The molecule has 3 heterocycles. The van der Waals surface area contributed by atoms with Crippen molar-refractivity contribution in [1.29, 1.82) is 0 Å². The highest BCUT2D eigenvalue weighted by atomic mass is 16.2. The van der Waals surface area contributed by atoms with Gasteiger partial charge in [-0.25, -0.2) is 14.5 Å². The molecule has 9 nitrogen and oxygen atoms in total. The molecule has 1 atom stereocenters. The number of carbonyl (C=O) groups excluding carboxylic acids is 1. The fourth-order valence-corrected chi connectivity index (χ4v) is 5.90. The Bertz CT molecular complexity index is 1800. The Morgan fingerprint density at radius 3 is 2.59 bits per heavy atom. The first-order valence-electron chi connectivity index (χ1n) is 15.3. The first kappa shape index (κ1) is 29.2. The van der Waals surface area contributed by atoms with E-state index in [0.717, 1.165) is 65.3 Å². The second kappa shape index (κ2) is 12.0. The van der Waals surface area contributed by atoms with Crippen LogP contribution in [0.15, 0.2) is 79.3 Å². The van der Waals surface area contributed by atoms with Gasteiger partial charge in [0.25, 0.3) is 0 Å². The standard InChI is InChI=1S/C35H40N8O/c1-6-42(33-36-18-19-37-33)25-11-9-10-24(20-25)27-16-17-30(29-13-8-7-12-28(27)29)39-34(44)40-32-21-31(35(3,4)5)41-43(32)26-15-14-23(2)38-22-26/h7-8,12-22,25H,6,9-11H2,1-5H3,(H,36,37)(H2,39,40,44). The zero-order chi connectivity index (χ0) is 30.8. The maximum Gasteiger partial charge on any atom is 0.324 e. The third-order valence-corrected chi connectivity index (χ3v) is 8.21. The summed E-state index contributed by atoms with van der Waals surface area (Å²) in [5.74, 6) is 1.48. The molecule has 0 aliphatic heterocycles. The number of aromatic amines is 1. The molecule has 0 saturated carbocycles. The minimum Gasteiger partial charge on any atom is -0.336 e. The van der Waals surface area contributed by atoms with Crippen LogP contribution in [0.1, 0.15) is 63.9 Å². The number of pyridine rings is 1. The van der Waals surface area contributed by atoms with Gasteiger partial charge in [0.15, 0.2) is 0 Å². The number of nitrogens with one attached hydrogen (secondary N) is 3. The number of anilines is 3. The van der Waals surface area contributed by atoms with Crippen LogP contribution in [-0.2, 0) is 5.41 Å². The smallest absolute Gasteiger partial charge is 0.324 e. The van der Waals surface area contributed by atoms with Crippen molar-refractivity contribution in [3.63, 3.8) is 0 Å². The van der Waals surface area contributed by atoms with Crippen molar-refractivity contribution in [2.24, 2.45) is 0 Å². The van der Waals surface area contributed by atoms with E-state index in [4.69, 9.17) is 5.10 Å². The van der Waals surface area contributed by atoms with Gasteiger partial charge >= 0.3 is 6.03 Å². The number of aryl methyl sites for hydroxylation is 1. The van der Waals surface area contributed by atoms with Crippen LogP contribution >= 0.6 is 0 Å². The van der Waals surface area contributed by atoms with Gasteiger partial charge in [-0.2, -0.15) is 5.10 Å². The van der Waals surface area contributed by atoms with Crippen molar-refractivity contribution < 1.29 is 4.79 Å². The molecule has 226 valence electrons. The molecule has 6 rings (SSSR count). The summed E-state index contributed by atoms with van der Waals surface area (Å²) < 4.78 is 1.74. The van der Waals surface area contributed by atoms with Crippen LogP contribution in [0.4, 0.5) is 22.2 Å². The van der Waals surface area contributed by atoms with Crippen molar-refractivity contribution in [2.45, 2.75) is 65.3 Å². The first-order chi connectivity index (χ1) is 21.2. The van der Waals surface area contributed by atoms with Crippen LogP contribution in [0.3, 0.4) is 0 Å². The predicted octanol–water partition coefficient (Wildman–Crippen LogP) is 7.86. The fraction of sp³-hybridized carbons (Fsp3) is 0.314. The molecule has 0 radical (unpaired) electrons. The van der Waals surface area contributed by atoms with E-state index in [1.807, 2.05) is 43.5 Å². The van der Waals surface area contributed by atoms with E-state index in [0.29, 0.717) is 5.82 Å². The van der Waals surface area contributed by atoms with E-state index in [2.05, 4.69) is 88.5 Å². The van der Waals surface area contributed by atoms with Crippen LogP contribution in [-0.4, -0.2) is 43.4 Å². The van der Waals surface area contributed by atoms with Gasteiger partial charge in [0.05, 0.1) is 29.3 Å². The van der Waals surface area contributed by atoms with Crippen LogP contribution in [0.5, 0.6) is 0 Å². The molecule has 9 heteroatoms. The highest BCUT2D eigenvalue weighted by molar-refractivity contribution is 6.08. The van der Waals surface area contributed by atoms with Gasteiger partial charge in [-0.1, -0.05) is 57.2 Å². The number of allylic oxidation sites excluding steroid dienone is 1. The number of rotatable bonds is 7. The molecular formula is C35H40N8O. The van der Waals surface area contributed by atoms with Gasteiger partial charge in [0, 0.05) is 41.5 Å². The van der Waals surface area contributed by atoms with Crippen molar-refractivity contribution in [3.8, 4) is 5.69 Å². The second-order valence-electron chi connectivity index (χ2n) is 12.4. The number of H-pyrrole nitrogens is 1. The Balaban J connectivity index is 1.28. The quantitative estimate of drug-likeness (QED) is 0.180. The maximum atomic E-state index is 13.5. The Morgan fingerprint density at radius 1 is 1.07 bits per heavy atom. The molecule has 0 fully saturated rings. The molecule has 3 aromatic heterocycles. The number of hydrogen-bond donors (Lipinski definition) is 3. The number of carbonyl (C=O) groups is 1. The van der Waals surface area contributed by atoms with E-state index in [1.165, 1.54) is 11.1 Å². The number of urea groups is 1. The third kappa shape index (κ3) is 5.95. The van der Waals surface area contributed by atoms with Gasteiger partial charge < -0.3 is 15.2 Å². The number of nitrogens with zero attached hydrogens (tertiary/aromatic N) is 5. The van der Waals surface area contributed by atoms with Gasteiger partial charge in [-0.05, 0) is 67.8 Å². The van der Waals surface area contributed by atoms with Gasteiger partial charge in [0.2, 0.25) is 5.95 Å². The van der Waals surface area contributed by atoms with Crippen LogP contribution in [0.2, 0.25) is 0 Å². The van der Waals surface area contributed by atoms with E-state index in [-0.39, 0.29) is 17.5 Å². The van der Waals surface area contributed by atoms with Gasteiger partial charge in [-0.15, -0.1) is 0 Å². The topological polar surface area (TPSA) is 104 Å². The van der Waals surface area contributed by atoms with Gasteiger partial charge in [-0.3, -0.25) is 10.3 Å². The van der Waals surface area contributed by atoms with E-state index >= 15 is 0 Å². The first-order valence-corrected chi connectivity index (χ1v) is 15.3. The molecule has 1 unspecified atom stereocenters. The number of benzene rings is 2. The summed E-state index contributed by atoms with van der Waals surface area (Å²) in [6.07, 6.45) is 11.0.